The van der Waals surface area contributed by atoms with Crippen molar-refractivity contribution in [3.05, 3.63) is 22.8 Å². The van der Waals surface area contributed by atoms with Crippen LogP contribution >= 0.6 is 0 Å². The quantitative estimate of drug-likeness (QED) is 0.174. The van der Waals surface area contributed by atoms with Crippen molar-refractivity contribution in [3.63, 3.8) is 0 Å². The monoisotopic (exact) mass is 849 g/mol. The molecular weight excluding hydrogens is 749 g/mol. The number of rotatable bonds is 14. The van der Waals surface area contributed by atoms with E-state index in [0.29, 0.717) is 43.3 Å². The van der Waals surface area contributed by atoms with Crippen LogP contribution < -0.4 is 0 Å². The third-order valence-corrected chi connectivity index (χ3v) is 26.2. The molecule has 14 atom stereocenters. The lowest BCUT2D eigenvalue weighted by Crippen LogP contribution is -2.67. The van der Waals surface area contributed by atoms with E-state index in [1.54, 1.807) is 0 Å². The van der Waals surface area contributed by atoms with Crippen LogP contribution in [0.3, 0.4) is 0 Å². The summed E-state index contributed by atoms with van der Waals surface area (Å²) < 4.78 is 0. The Balaban J connectivity index is 0.946. The number of unbranched alkanes of at least 4 members (excludes halogenated alkanes) is 10. The minimum atomic E-state index is 0.261. The van der Waals surface area contributed by atoms with Crippen molar-refractivity contribution in [1.29, 1.82) is 0 Å². The van der Waals surface area contributed by atoms with Gasteiger partial charge in [0.1, 0.15) is 0 Å². The summed E-state index contributed by atoms with van der Waals surface area (Å²) in [5.41, 5.74) is 9.45. The van der Waals surface area contributed by atoms with Gasteiger partial charge in [-0.15, -0.1) is 0 Å². The molecule has 62 heavy (non-hydrogen) atoms. The third-order valence-electron chi connectivity index (χ3n) is 26.2. The summed E-state index contributed by atoms with van der Waals surface area (Å²) >= 11 is 0. The molecule has 9 rings (SSSR count). The van der Waals surface area contributed by atoms with Gasteiger partial charge < -0.3 is 0 Å². The standard InChI is InChI=1S/C60H100N2/c1-13-15-17-19-21-23-25-43-27-33-55(7)49-29-31-51(3)39-45-47(41-59(51,11)57(49,9)37-35-53(43,55)5)61-46-40-52(4)32-30-50-56(8)34-28-44(26-24-22-20-18-16-14-2)54(56,6)36-38-58(50,10)60(52,12)42-48(46)62-45/h43-44,49-50H,13-42H2,1-12H3/t43-,44-,49?,50?,51-,52-,53+,54+,55-,56-,57-,58-,59-,60-/m0/s1. The molecule has 8 aliphatic carbocycles. The fourth-order valence-corrected chi connectivity index (χ4v) is 20.7. The first-order chi connectivity index (χ1) is 29.3. The van der Waals surface area contributed by atoms with Crippen LogP contribution in [0.2, 0.25) is 0 Å². The van der Waals surface area contributed by atoms with Gasteiger partial charge in [0.15, 0.2) is 0 Å². The fraction of sp³-hybridized carbons (Fsp3) is 0.933. The van der Waals surface area contributed by atoms with Gasteiger partial charge in [-0.25, -0.2) is 0 Å². The fourth-order valence-electron chi connectivity index (χ4n) is 20.7. The van der Waals surface area contributed by atoms with Crippen molar-refractivity contribution in [2.75, 3.05) is 0 Å². The van der Waals surface area contributed by atoms with Crippen LogP contribution in [0.15, 0.2) is 0 Å². The van der Waals surface area contributed by atoms with Crippen molar-refractivity contribution in [1.82, 2.24) is 9.97 Å². The van der Waals surface area contributed by atoms with Crippen LogP contribution in [0.4, 0.5) is 0 Å². The van der Waals surface area contributed by atoms with E-state index in [-0.39, 0.29) is 10.8 Å². The second-order valence-electron chi connectivity index (χ2n) is 27.8. The molecule has 2 nitrogen and oxygen atoms in total. The maximum absolute atomic E-state index is 5.93. The first-order valence-electron chi connectivity index (χ1n) is 28.1. The van der Waals surface area contributed by atoms with Crippen molar-refractivity contribution >= 4 is 0 Å². The molecule has 0 aromatic carbocycles. The van der Waals surface area contributed by atoms with Gasteiger partial charge >= 0.3 is 0 Å². The average Bonchev–Trinajstić information content (AvgIpc) is 3.64. The summed E-state index contributed by atoms with van der Waals surface area (Å²) in [6.45, 7) is 32.6. The molecule has 0 spiro atoms. The highest BCUT2D eigenvalue weighted by molar-refractivity contribution is 5.35. The van der Waals surface area contributed by atoms with Crippen LogP contribution in [-0.2, 0) is 25.7 Å². The minimum Gasteiger partial charge on any atom is -0.254 e. The predicted molar refractivity (Wildman–Crippen MR) is 263 cm³/mol. The second-order valence-corrected chi connectivity index (χ2v) is 27.8. The highest BCUT2D eigenvalue weighted by atomic mass is 14.9. The van der Waals surface area contributed by atoms with E-state index in [4.69, 9.17) is 9.97 Å². The van der Waals surface area contributed by atoms with Crippen molar-refractivity contribution in [2.45, 2.75) is 276 Å². The molecule has 8 aliphatic rings. The van der Waals surface area contributed by atoms with Crippen LogP contribution in [0.1, 0.15) is 273 Å². The number of fused-ring (bicyclic) bond motifs is 12. The normalized spacial score (nSPS) is 48.8. The molecule has 6 fully saturated rings. The van der Waals surface area contributed by atoms with Gasteiger partial charge in [0.05, 0.1) is 22.8 Å². The lowest BCUT2D eigenvalue weighted by Gasteiger charge is -2.72. The summed E-state index contributed by atoms with van der Waals surface area (Å²) in [6.07, 6.45) is 42.1. The third kappa shape index (κ3) is 6.21. The first-order valence-corrected chi connectivity index (χ1v) is 28.1. The molecule has 6 saturated carbocycles. The molecule has 1 aromatic rings. The van der Waals surface area contributed by atoms with Crippen LogP contribution in [-0.4, -0.2) is 9.97 Å². The van der Waals surface area contributed by atoms with Gasteiger partial charge in [-0.1, -0.05) is 160 Å². The Morgan fingerprint density at radius 1 is 0.355 bits per heavy atom. The zero-order chi connectivity index (χ0) is 44.2. The predicted octanol–water partition coefficient (Wildman–Crippen LogP) is 17.5. The molecule has 350 valence electrons. The first kappa shape index (κ1) is 46.2. The SMILES string of the molecule is CCCCCCCC[C@H]1CC[C@@]2(C)C3CC[C@@]4(C)Cc5nc6c(nc5C[C@]4(C)[C@@]3(C)CC[C@]12C)C[C@]1(C)CCC2[C@](C)(CC[C@]3(C)[C@@H](CCCCCCCC)CC[C@@]23C)[C@@]1(C)C6. The Hall–Kier alpha value is -0.920. The van der Waals surface area contributed by atoms with Crippen LogP contribution in [0.5, 0.6) is 0 Å². The Kier molecular flexibility index (Phi) is 11.8. The Bertz CT molecular complexity index is 1680. The Morgan fingerprint density at radius 3 is 1.08 bits per heavy atom. The molecule has 0 N–H and O–H groups in total. The van der Waals surface area contributed by atoms with Gasteiger partial charge in [0.25, 0.3) is 0 Å². The summed E-state index contributed by atoms with van der Waals surface area (Å²) in [5.74, 6) is 3.52. The van der Waals surface area contributed by atoms with E-state index in [2.05, 4.69) is 83.1 Å². The average molecular weight is 849 g/mol. The highest BCUT2D eigenvalue weighted by Gasteiger charge is 2.74. The number of hydrogen-bond donors (Lipinski definition) is 0. The molecule has 0 amide bonds. The van der Waals surface area contributed by atoms with Crippen LogP contribution in [0.25, 0.3) is 0 Å². The molecule has 0 aliphatic heterocycles. The molecule has 0 bridgehead atoms. The maximum atomic E-state index is 5.93. The molecule has 1 heterocycles. The van der Waals surface area contributed by atoms with Gasteiger partial charge in [-0.3, -0.25) is 9.97 Å². The minimum absolute atomic E-state index is 0.261. The number of hydrogen-bond acceptors (Lipinski definition) is 2. The molecular formula is C60H100N2. The topological polar surface area (TPSA) is 25.8 Å². The van der Waals surface area contributed by atoms with Gasteiger partial charge in [-0.05, 0) is 193 Å². The summed E-state index contributed by atoms with van der Waals surface area (Å²) in [4.78, 5) is 11.9. The second kappa shape index (κ2) is 15.8. The zero-order valence-corrected chi connectivity index (χ0v) is 43.4. The van der Waals surface area contributed by atoms with E-state index >= 15 is 0 Å². The summed E-state index contributed by atoms with van der Waals surface area (Å²) in [5, 5.41) is 0. The van der Waals surface area contributed by atoms with Crippen molar-refractivity contribution in [3.8, 4) is 0 Å². The van der Waals surface area contributed by atoms with Crippen molar-refractivity contribution < 1.29 is 0 Å². The largest absolute Gasteiger partial charge is 0.254 e. The van der Waals surface area contributed by atoms with E-state index in [9.17, 15) is 0 Å². The van der Waals surface area contributed by atoms with Gasteiger partial charge in [0.2, 0.25) is 0 Å². The zero-order valence-electron chi connectivity index (χ0n) is 43.4. The maximum Gasteiger partial charge on any atom is 0.0628 e. The van der Waals surface area contributed by atoms with E-state index in [1.165, 1.54) is 190 Å². The smallest absolute Gasteiger partial charge is 0.0628 e. The highest BCUT2D eigenvalue weighted by Crippen LogP contribution is 2.81. The number of nitrogens with zero attached hydrogens (tertiary/aromatic N) is 2. The van der Waals surface area contributed by atoms with E-state index < -0.39 is 0 Å². The Labute approximate surface area is 384 Å². The van der Waals surface area contributed by atoms with Crippen molar-refractivity contribution in [2.24, 2.45) is 77.8 Å². The van der Waals surface area contributed by atoms with Gasteiger partial charge in [0, 0.05) is 0 Å². The summed E-state index contributed by atoms with van der Waals surface area (Å²) in [6, 6.07) is 0. The van der Waals surface area contributed by atoms with E-state index in [1.807, 2.05) is 0 Å². The molecule has 2 unspecified atom stereocenters. The molecule has 0 saturated heterocycles. The molecule has 0 radical (unpaired) electrons. The van der Waals surface area contributed by atoms with Crippen LogP contribution in [0, 0.1) is 77.8 Å². The summed E-state index contributed by atoms with van der Waals surface area (Å²) in [7, 11) is 0. The molecule has 2 heteroatoms. The lowest BCUT2D eigenvalue weighted by atomic mass is 9.32. The van der Waals surface area contributed by atoms with Gasteiger partial charge in [-0.2, -0.15) is 0 Å². The Morgan fingerprint density at radius 2 is 0.694 bits per heavy atom. The van der Waals surface area contributed by atoms with E-state index in [0.717, 1.165) is 49.4 Å². The lowest BCUT2D eigenvalue weighted by molar-refractivity contribution is -0.229. The number of aromatic nitrogens is 2. The molecule has 1 aromatic heterocycles.